The number of carbonyl (C=O) groups is 2. The number of unbranched alkanes of at least 4 members (excludes halogenated alkanes) is 3. The van der Waals surface area contributed by atoms with E-state index in [0.717, 1.165) is 43.2 Å². The predicted molar refractivity (Wildman–Crippen MR) is 145 cm³/mol. The Bertz CT molecular complexity index is 1140. The van der Waals surface area contributed by atoms with E-state index in [9.17, 15) is 9.18 Å². The quantitative estimate of drug-likeness (QED) is 0.198. The van der Waals surface area contributed by atoms with E-state index in [1.54, 1.807) is 24.3 Å². The second-order valence-electron chi connectivity index (χ2n) is 10.00. The van der Waals surface area contributed by atoms with E-state index < -0.39 is 0 Å². The van der Waals surface area contributed by atoms with Gasteiger partial charge in [-0.25, -0.2) is 9.37 Å². The Kier molecular flexibility index (Phi) is 11.5. The Morgan fingerprint density at radius 2 is 1.84 bits per heavy atom. The van der Waals surface area contributed by atoms with Gasteiger partial charge in [0.05, 0.1) is 11.3 Å². The number of hydrogen-bond donors (Lipinski definition) is 2. The lowest BCUT2D eigenvalue weighted by molar-refractivity contribution is -0.106. The molecule has 1 aliphatic heterocycles. The van der Waals surface area contributed by atoms with Crippen molar-refractivity contribution >= 4 is 23.8 Å². The van der Waals surface area contributed by atoms with E-state index in [0.29, 0.717) is 28.7 Å². The number of imidazole rings is 1. The number of piperidine rings is 1. The van der Waals surface area contributed by atoms with Crippen LogP contribution in [0.5, 0.6) is 0 Å². The van der Waals surface area contributed by atoms with Crippen LogP contribution in [0.15, 0.2) is 41.1 Å². The highest BCUT2D eigenvalue weighted by Gasteiger charge is 2.43. The van der Waals surface area contributed by atoms with Gasteiger partial charge in [-0.2, -0.15) is 0 Å². The van der Waals surface area contributed by atoms with Crippen LogP contribution in [-0.2, 0) is 11.2 Å². The standard InChI is InChI=1S/C19H19ClFN3O2.C8H15N.CH3NO/c20-18-16(22-19(23-18)13-7-5-6-8-14(13)21)9-3-1-2-4-10-17(25)15-11-12-26-24-15;1-9-6-4-8(2-3-8)5-7-9;2-1-3/h5-8,11-12H,1-4,9-10H2,(H,22,23);2-7H2,1H3;1H,(H2,2,3). The highest BCUT2D eigenvalue weighted by atomic mass is 35.5. The number of amides is 1. The summed E-state index contributed by atoms with van der Waals surface area (Å²) < 4.78 is 18.5. The molecule has 2 aromatic heterocycles. The number of benzene rings is 1. The van der Waals surface area contributed by atoms with Crippen LogP contribution in [-0.4, -0.2) is 52.4 Å². The van der Waals surface area contributed by atoms with Crippen LogP contribution >= 0.6 is 11.6 Å². The summed E-state index contributed by atoms with van der Waals surface area (Å²) in [5, 5.41) is 4.02. The molecule has 3 heterocycles. The number of nitrogens with two attached hydrogens (primary N) is 1. The van der Waals surface area contributed by atoms with Crippen molar-refractivity contribution in [3.8, 4) is 11.4 Å². The van der Waals surface area contributed by atoms with E-state index in [-0.39, 0.29) is 18.0 Å². The number of halogens is 2. The maximum Gasteiger partial charge on any atom is 0.204 e. The molecule has 2 aliphatic rings. The van der Waals surface area contributed by atoms with E-state index in [4.69, 9.17) is 16.4 Å². The average Bonchev–Trinajstić information content (AvgIpc) is 3.26. The number of rotatable bonds is 9. The highest BCUT2D eigenvalue weighted by Crippen LogP contribution is 2.53. The number of likely N-dealkylation sites (tertiary alicyclic amines) is 1. The molecule has 8 nitrogen and oxygen atoms in total. The van der Waals surface area contributed by atoms with Crippen molar-refractivity contribution < 1.29 is 18.5 Å². The number of carbonyl (C=O) groups excluding carboxylic acids is 2. The zero-order valence-electron chi connectivity index (χ0n) is 21.9. The first kappa shape index (κ1) is 29.5. The number of aryl methyl sites for hydroxylation is 1. The number of hydrogen-bond acceptors (Lipinski definition) is 6. The van der Waals surface area contributed by atoms with Crippen LogP contribution in [0.25, 0.3) is 11.4 Å². The third-order valence-corrected chi connectivity index (χ3v) is 7.48. The number of aromatic amines is 1. The molecule has 2 fully saturated rings. The highest BCUT2D eigenvalue weighted by molar-refractivity contribution is 6.30. The summed E-state index contributed by atoms with van der Waals surface area (Å²) in [4.78, 5) is 30.1. The smallest absolute Gasteiger partial charge is 0.204 e. The van der Waals surface area contributed by atoms with Gasteiger partial charge in [0.25, 0.3) is 0 Å². The monoisotopic (exact) mass is 545 g/mol. The molecule has 1 amide bonds. The van der Waals surface area contributed by atoms with Gasteiger partial charge in [-0.15, -0.1) is 0 Å². The topological polar surface area (TPSA) is 118 Å². The molecule has 38 heavy (non-hydrogen) atoms. The van der Waals surface area contributed by atoms with Gasteiger partial charge in [0.2, 0.25) is 6.41 Å². The number of aromatic nitrogens is 3. The Morgan fingerprint density at radius 1 is 1.16 bits per heavy atom. The summed E-state index contributed by atoms with van der Waals surface area (Å²) in [5.74, 6) is 0.118. The molecule has 0 radical (unpaired) electrons. The Balaban J connectivity index is 0.000000274. The van der Waals surface area contributed by atoms with Gasteiger partial charge >= 0.3 is 0 Å². The molecule has 1 aromatic carbocycles. The third kappa shape index (κ3) is 9.06. The largest absolute Gasteiger partial charge is 0.372 e. The molecule has 5 rings (SSSR count). The molecule has 10 heteroatoms. The number of H-pyrrole nitrogens is 1. The van der Waals surface area contributed by atoms with Crippen LogP contribution < -0.4 is 5.73 Å². The number of primary amides is 1. The Morgan fingerprint density at radius 3 is 2.47 bits per heavy atom. The van der Waals surface area contributed by atoms with Gasteiger partial charge in [0.1, 0.15) is 23.6 Å². The van der Waals surface area contributed by atoms with Gasteiger partial charge in [0, 0.05) is 12.5 Å². The summed E-state index contributed by atoms with van der Waals surface area (Å²) in [5.41, 5.74) is 6.64. The molecule has 3 aromatic rings. The predicted octanol–water partition coefficient (Wildman–Crippen LogP) is 5.83. The van der Waals surface area contributed by atoms with E-state index >= 15 is 0 Å². The van der Waals surface area contributed by atoms with Crippen molar-refractivity contribution in [3.63, 3.8) is 0 Å². The lowest BCUT2D eigenvalue weighted by atomic mass is 9.94. The Hall–Kier alpha value is -3.04. The zero-order valence-corrected chi connectivity index (χ0v) is 22.7. The Labute approximate surface area is 228 Å². The summed E-state index contributed by atoms with van der Waals surface area (Å²) >= 11 is 6.16. The minimum atomic E-state index is -0.332. The van der Waals surface area contributed by atoms with E-state index in [1.807, 2.05) is 0 Å². The first-order chi connectivity index (χ1) is 18.4. The molecule has 1 saturated heterocycles. The van der Waals surface area contributed by atoms with Crippen molar-refractivity contribution in [1.82, 2.24) is 20.0 Å². The first-order valence-corrected chi connectivity index (χ1v) is 13.5. The lowest BCUT2D eigenvalue weighted by Crippen LogP contribution is -2.30. The fraction of sp³-hybridized carbons (Fsp3) is 0.500. The van der Waals surface area contributed by atoms with E-state index in [2.05, 4.69) is 37.3 Å². The minimum absolute atomic E-state index is 0.00453. The number of nitrogens with zero attached hydrogens (tertiary/aromatic N) is 3. The molecule has 0 atom stereocenters. The fourth-order valence-electron chi connectivity index (χ4n) is 4.53. The number of Topliss-reactive ketones (excluding diaryl/α,β-unsaturated/α-hetero) is 1. The van der Waals surface area contributed by atoms with Crippen molar-refractivity contribution in [2.45, 2.75) is 64.2 Å². The molecule has 206 valence electrons. The van der Waals surface area contributed by atoms with Crippen molar-refractivity contribution in [2.24, 2.45) is 11.1 Å². The fourth-order valence-corrected chi connectivity index (χ4v) is 4.76. The minimum Gasteiger partial charge on any atom is -0.372 e. The molecule has 3 N–H and O–H groups in total. The molecule has 0 unspecified atom stereocenters. The number of ketones is 1. The van der Waals surface area contributed by atoms with Crippen LogP contribution in [0, 0.1) is 11.2 Å². The normalized spacial score (nSPS) is 15.7. The average molecular weight is 546 g/mol. The maximum atomic E-state index is 13.8. The van der Waals surface area contributed by atoms with Gasteiger partial charge in [-0.3, -0.25) is 9.59 Å². The molecule has 1 saturated carbocycles. The van der Waals surface area contributed by atoms with Crippen molar-refractivity contribution in [3.05, 3.63) is 59.0 Å². The SMILES string of the molecule is CN1CCC2(CC1)CC2.NC=O.O=C(CCCCCCc1[nH]c(-c2ccccc2F)nc1Cl)c1ccon1. The molecule has 1 spiro atoms. The molecule has 1 aliphatic carbocycles. The molecule has 0 bridgehead atoms. The summed E-state index contributed by atoms with van der Waals surface area (Å²) in [6, 6.07) is 8.04. The number of nitrogens with one attached hydrogen (secondary N) is 1. The van der Waals surface area contributed by atoms with Crippen molar-refractivity contribution in [2.75, 3.05) is 20.1 Å². The summed E-state index contributed by atoms with van der Waals surface area (Å²) in [6.45, 7) is 2.69. The van der Waals surface area contributed by atoms with Gasteiger partial charge < -0.3 is 20.1 Å². The van der Waals surface area contributed by atoms with Crippen molar-refractivity contribution in [1.29, 1.82) is 0 Å². The van der Waals surface area contributed by atoms with Crippen LogP contribution in [0.1, 0.15) is 74.0 Å². The maximum absolute atomic E-state index is 13.8. The molecular weight excluding hydrogens is 509 g/mol. The van der Waals surface area contributed by atoms with Gasteiger partial charge in [0.15, 0.2) is 10.9 Å². The van der Waals surface area contributed by atoms with Crippen LogP contribution in [0.3, 0.4) is 0 Å². The summed E-state index contributed by atoms with van der Waals surface area (Å²) in [7, 11) is 2.23. The molecular formula is C28H37ClFN5O3. The lowest BCUT2D eigenvalue weighted by Gasteiger charge is -2.28. The zero-order chi connectivity index (χ0) is 27.4. The second kappa shape index (κ2) is 14.8. The van der Waals surface area contributed by atoms with Gasteiger partial charge in [-0.1, -0.05) is 41.7 Å². The summed E-state index contributed by atoms with van der Waals surface area (Å²) in [6.07, 6.45) is 12.5. The first-order valence-electron chi connectivity index (χ1n) is 13.1. The van der Waals surface area contributed by atoms with Crippen LogP contribution in [0.4, 0.5) is 4.39 Å². The van der Waals surface area contributed by atoms with E-state index in [1.165, 1.54) is 51.1 Å². The van der Waals surface area contributed by atoms with Gasteiger partial charge in [-0.05, 0) is 82.6 Å². The van der Waals surface area contributed by atoms with Crippen LogP contribution in [0.2, 0.25) is 5.15 Å². The second-order valence-corrected chi connectivity index (χ2v) is 10.4. The third-order valence-electron chi connectivity index (χ3n) is 7.17.